The van der Waals surface area contributed by atoms with Crippen LogP contribution >= 0.6 is 0 Å². The fourth-order valence-electron chi connectivity index (χ4n) is 3.47. The van der Waals surface area contributed by atoms with Crippen LogP contribution in [0.15, 0.2) is 0 Å². The van der Waals surface area contributed by atoms with E-state index in [4.69, 9.17) is 0 Å². The molecule has 0 spiro atoms. The van der Waals surface area contributed by atoms with Gasteiger partial charge in [-0.2, -0.15) is 0 Å². The van der Waals surface area contributed by atoms with Crippen LogP contribution in [-0.4, -0.2) is 23.7 Å². The lowest BCUT2D eigenvalue weighted by molar-refractivity contribution is -0.124. The maximum atomic E-state index is 12.1. The van der Waals surface area contributed by atoms with Crippen LogP contribution in [0, 0.1) is 23.7 Å². The molecule has 0 aromatic heterocycles. The molecule has 3 rings (SSSR count). The monoisotopic (exact) mass is 237 g/mol. The largest absolute Gasteiger partial charge is 0.396 e. The number of aliphatic hydroxyl groups is 1. The summed E-state index contributed by atoms with van der Waals surface area (Å²) in [6.45, 7) is 0.224. The van der Waals surface area contributed by atoms with Crippen molar-refractivity contribution in [1.29, 1.82) is 0 Å². The molecular weight excluding hydrogens is 214 g/mol. The first-order valence-electron chi connectivity index (χ1n) is 7.21. The molecule has 3 nitrogen and oxygen atoms in total. The van der Waals surface area contributed by atoms with E-state index < -0.39 is 0 Å². The van der Waals surface area contributed by atoms with Gasteiger partial charge in [0.2, 0.25) is 5.91 Å². The van der Waals surface area contributed by atoms with Crippen molar-refractivity contribution in [3.63, 3.8) is 0 Å². The van der Waals surface area contributed by atoms with Gasteiger partial charge in [0.1, 0.15) is 0 Å². The van der Waals surface area contributed by atoms with E-state index in [0.29, 0.717) is 17.8 Å². The summed E-state index contributed by atoms with van der Waals surface area (Å²) in [5, 5.41) is 12.5. The lowest BCUT2D eigenvalue weighted by Crippen LogP contribution is -2.44. The van der Waals surface area contributed by atoms with E-state index in [1.807, 2.05) is 0 Å². The predicted octanol–water partition coefficient (Wildman–Crippen LogP) is 1.70. The SMILES string of the molecule is O=C(NC1CCCCC1CO)C1CC1C1CC1. The minimum Gasteiger partial charge on any atom is -0.396 e. The molecule has 17 heavy (non-hydrogen) atoms. The minimum absolute atomic E-state index is 0.224. The summed E-state index contributed by atoms with van der Waals surface area (Å²) in [4.78, 5) is 12.1. The van der Waals surface area contributed by atoms with E-state index in [0.717, 1.165) is 25.2 Å². The summed E-state index contributed by atoms with van der Waals surface area (Å²) in [6.07, 6.45) is 8.32. The number of aliphatic hydroxyl groups excluding tert-OH is 1. The quantitative estimate of drug-likeness (QED) is 0.782. The van der Waals surface area contributed by atoms with Gasteiger partial charge >= 0.3 is 0 Å². The fraction of sp³-hybridized carbons (Fsp3) is 0.929. The zero-order valence-corrected chi connectivity index (χ0v) is 10.4. The van der Waals surface area contributed by atoms with E-state index >= 15 is 0 Å². The van der Waals surface area contributed by atoms with Crippen LogP contribution in [0.25, 0.3) is 0 Å². The molecule has 2 N–H and O–H groups in total. The first-order valence-corrected chi connectivity index (χ1v) is 7.21. The number of rotatable bonds is 4. The highest BCUT2D eigenvalue weighted by Crippen LogP contribution is 2.54. The Bertz CT molecular complexity index is 301. The van der Waals surface area contributed by atoms with Crippen molar-refractivity contribution in [2.45, 2.75) is 51.0 Å². The highest BCUT2D eigenvalue weighted by atomic mass is 16.3. The minimum atomic E-state index is 0.224. The number of amides is 1. The molecule has 4 atom stereocenters. The summed E-state index contributed by atoms with van der Waals surface area (Å²) < 4.78 is 0. The molecule has 0 aromatic carbocycles. The molecule has 0 heterocycles. The molecule has 0 aromatic rings. The van der Waals surface area contributed by atoms with Crippen LogP contribution in [0.5, 0.6) is 0 Å². The summed E-state index contributed by atoms with van der Waals surface area (Å²) >= 11 is 0. The molecule has 0 aliphatic heterocycles. The summed E-state index contributed by atoms with van der Waals surface area (Å²) in [6, 6.07) is 0.238. The van der Waals surface area contributed by atoms with Crippen molar-refractivity contribution in [3.05, 3.63) is 0 Å². The van der Waals surface area contributed by atoms with Gasteiger partial charge in [-0.05, 0) is 43.9 Å². The molecule has 3 heteroatoms. The van der Waals surface area contributed by atoms with Crippen LogP contribution in [0.4, 0.5) is 0 Å². The van der Waals surface area contributed by atoms with Gasteiger partial charge in [0.25, 0.3) is 0 Å². The van der Waals surface area contributed by atoms with E-state index in [2.05, 4.69) is 5.32 Å². The first kappa shape index (κ1) is 11.5. The van der Waals surface area contributed by atoms with Crippen LogP contribution in [0.2, 0.25) is 0 Å². The van der Waals surface area contributed by atoms with Crippen molar-refractivity contribution in [1.82, 2.24) is 5.32 Å². The number of hydrogen-bond acceptors (Lipinski definition) is 2. The fourth-order valence-corrected chi connectivity index (χ4v) is 3.47. The van der Waals surface area contributed by atoms with Crippen molar-refractivity contribution in [2.24, 2.45) is 23.7 Å². The van der Waals surface area contributed by atoms with Crippen molar-refractivity contribution < 1.29 is 9.90 Å². The van der Waals surface area contributed by atoms with Gasteiger partial charge in [-0.3, -0.25) is 4.79 Å². The van der Waals surface area contributed by atoms with Gasteiger partial charge < -0.3 is 10.4 Å². The first-order chi connectivity index (χ1) is 8.29. The zero-order chi connectivity index (χ0) is 11.8. The number of carbonyl (C=O) groups excluding carboxylic acids is 1. The lowest BCUT2D eigenvalue weighted by Gasteiger charge is -2.31. The molecular formula is C14H23NO2. The second-order valence-electron chi connectivity index (χ2n) is 6.19. The average molecular weight is 237 g/mol. The topological polar surface area (TPSA) is 49.3 Å². The smallest absolute Gasteiger partial charge is 0.223 e. The second kappa shape index (κ2) is 4.60. The van der Waals surface area contributed by atoms with E-state index in [-0.39, 0.29) is 18.6 Å². The molecule has 3 saturated carbocycles. The van der Waals surface area contributed by atoms with Gasteiger partial charge in [0, 0.05) is 24.5 Å². The zero-order valence-electron chi connectivity index (χ0n) is 10.4. The summed E-state index contributed by atoms with van der Waals surface area (Å²) in [5.74, 6) is 2.44. The van der Waals surface area contributed by atoms with E-state index in [1.54, 1.807) is 0 Å². The maximum Gasteiger partial charge on any atom is 0.223 e. The van der Waals surface area contributed by atoms with Gasteiger partial charge in [0.15, 0.2) is 0 Å². The summed E-state index contributed by atoms with van der Waals surface area (Å²) in [5.41, 5.74) is 0. The average Bonchev–Trinajstić information content (AvgIpc) is 3.18. The number of hydrogen-bond donors (Lipinski definition) is 2. The predicted molar refractivity (Wildman–Crippen MR) is 65.3 cm³/mol. The highest BCUT2D eigenvalue weighted by molar-refractivity contribution is 5.82. The Morgan fingerprint density at radius 2 is 1.94 bits per heavy atom. The third-order valence-corrected chi connectivity index (χ3v) is 4.88. The third kappa shape index (κ3) is 2.49. The van der Waals surface area contributed by atoms with E-state index in [1.165, 1.54) is 25.7 Å². The Labute approximate surface area is 103 Å². The maximum absolute atomic E-state index is 12.1. The van der Waals surface area contributed by atoms with Gasteiger partial charge in [-0.1, -0.05) is 12.8 Å². The van der Waals surface area contributed by atoms with Crippen molar-refractivity contribution in [2.75, 3.05) is 6.61 Å². The highest BCUT2D eigenvalue weighted by Gasteiger charge is 2.51. The molecule has 0 saturated heterocycles. The number of carbonyl (C=O) groups is 1. The molecule has 0 radical (unpaired) electrons. The van der Waals surface area contributed by atoms with Crippen LogP contribution in [0.1, 0.15) is 44.9 Å². The Morgan fingerprint density at radius 1 is 1.18 bits per heavy atom. The Hall–Kier alpha value is -0.570. The standard InChI is InChI=1S/C14H23NO2/c16-8-10-3-1-2-4-13(10)15-14(17)12-7-11(12)9-5-6-9/h9-13,16H,1-8H2,(H,15,17). The van der Waals surface area contributed by atoms with Crippen LogP contribution < -0.4 is 5.32 Å². The molecule has 0 bridgehead atoms. The van der Waals surface area contributed by atoms with Crippen molar-refractivity contribution >= 4 is 5.91 Å². The molecule has 3 aliphatic carbocycles. The number of nitrogens with one attached hydrogen (secondary N) is 1. The molecule has 3 fully saturated rings. The second-order valence-corrected chi connectivity index (χ2v) is 6.19. The molecule has 1 amide bonds. The van der Waals surface area contributed by atoms with Crippen LogP contribution in [-0.2, 0) is 4.79 Å². The van der Waals surface area contributed by atoms with Gasteiger partial charge in [0.05, 0.1) is 0 Å². The Balaban J connectivity index is 1.49. The Morgan fingerprint density at radius 3 is 2.65 bits per heavy atom. The van der Waals surface area contributed by atoms with Crippen LogP contribution in [0.3, 0.4) is 0 Å². The van der Waals surface area contributed by atoms with Gasteiger partial charge in [-0.25, -0.2) is 0 Å². The van der Waals surface area contributed by atoms with E-state index in [9.17, 15) is 9.90 Å². The molecule has 96 valence electrons. The van der Waals surface area contributed by atoms with Crippen molar-refractivity contribution in [3.8, 4) is 0 Å². The molecule has 4 unspecified atom stereocenters. The Kier molecular flexibility index (Phi) is 3.12. The molecule has 3 aliphatic rings. The lowest BCUT2D eigenvalue weighted by atomic mass is 9.85. The third-order valence-electron chi connectivity index (χ3n) is 4.88. The normalized spacial score (nSPS) is 41.0. The van der Waals surface area contributed by atoms with Gasteiger partial charge in [-0.15, -0.1) is 0 Å². The summed E-state index contributed by atoms with van der Waals surface area (Å²) in [7, 11) is 0.